The van der Waals surface area contributed by atoms with Crippen LogP contribution in [0, 0.1) is 10.1 Å². The summed E-state index contributed by atoms with van der Waals surface area (Å²) in [5.74, 6) is 0.229. The predicted octanol–water partition coefficient (Wildman–Crippen LogP) is 2.09. The van der Waals surface area contributed by atoms with E-state index in [2.05, 4.69) is 36.2 Å². The molecular formula is C9H8BrN5O2. The molecule has 17 heavy (non-hydrogen) atoms. The van der Waals surface area contributed by atoms with Gasteiger partial charge in [-0.1, -0.05) is 0 Å². The Morgan fingerprint density at radius 1 is 1.53 bits per heavy atom. The molecule has 0 bridgehead atoms. The van der Waals surface area contributed by atoms with Crippen LogP contribution >= 0.6 is 15.9 Å². The van der Waals surface area contributed by atoms with Crippen LogP contribution in [-0.4, -0.2) is 19.9 Å². The number of halogens is 1. The fourth-order valence-electron chi connectivity index (χ4n) is 1.26. The van der Waals surface area contributed by atoms with Crippen molar-refractivity contribution in [3.05, 3.63) is 45.1 Å². The van der Waals surface area contributed by atoms with Crippen molar-refractivity contribution in [3.63, 3.8) is 0 Å². The third kappa shape index (κ3) is 2.78. The van der Waals surface area contributed by atoms with Crippen molar-refractivity contribution in [2.24, 2.45) is 0 Å². The molecule has 0 aliphatic heterocycles. The number of hydrogen-bond donors (Lipinski definition) is 2. The van der Waals surface area contributed by atoms with Crippen molar-refractivity contribution in [2.75, 3.05) is 5.32 Å². The van der Waals surface area contributed by atoms with Crippen LogP contribution in [0.4, 0.5) is 11.5 Å². The molecule has 88 valence electrons. The molecular weight excluding hydrogens is 290 g/mol. The van der Waals surface area contributed by atoms with Crippen LogP contribution in [0.3, 0.4) is 0 Å². The zero-order chi connectivity index (χ0) is 12.3. The largest absolute Gasteiger partial charge is 0.359 e. The van der Waals surface area contributed by atoms with Crippen LogP contribution in [0.1, 0.15) is 5.69 Å². The van der Waals surface area contributed by atoms with E-state index in [1.165, 1.54) is 12.3 Å². The van der Waals surface area contributed by atoms with Gasteiger partial charge in [0.1, 0.15) is 0 Å². The van der Waals surface area contributed by atoms with Gasteiger partial charge in [-0.05, 0) is 15.9 Å². The number of aromatic amines is 1. The molecule has 7 nitrogen and oxygen atoms in total. The highest BCUT2D eigenvalue weighted by Crippen LogP contribution is 2.25. The zero-order valence-electron chi connectivity index (χ0n) is 8.55. The molecule has 0 saturated carbocycles. The monoisotopic (exact) mass is 297 g/mol. The van der Waals surface area contributed by atoms with Crippen LogP contribution in [0.15, 0.2) is 29.3 Å². The Morgan fingerprint density at radius 3 is 3.00 bits per heavy atom. The number of nitro groups is 1. The average molecular weight is 298 g/mol. The average Bonchev–Trinajstić information content (AvgIpc) is 2.80. The Kier molecular flexibility index (Phi) is 3.33. The quantitative estimate of drug-likeness (QED) is 0.665. The highest BCUT2D eigenvalue weighted by Gasteiger charge is 2.15. The summed E-state index contributed by atoms with van der Waals surface area (Å²) < 4.78 is 0.566. The molecule has 2 aromatic rings. The summed E-state index contributed by atoms with van der Waals surface area (Å²) in [6.45, 7) is 0.398. The lowest BCUT2D eigenvalue weighted by atomic mass is 10.4. The lowest BCUT2D eigenvalue weighted by molar-refractivity contribution is -0.384. The van der Waals surface area contributed by atoms with Crippen molar-refractivity contribution in [1.82, 2.24) is 15.0 Å². The van der Waals surface area contributed by atoms with E-state index in [-0.39, 0.29) is 11.5 Å². The van der Waals surface area contributed by atoms with Gasteiger partial charge in [-0.3, -0.25) is 10.1 Å². The summed E-state index contributed by atoms with van der Waals surface area (Å²) in [4.78, 5) is 21.0. The van der Waals surface area contributed by atoms with E-state index in [0.717, 1.165) is 5.69 Å². The zero-order valence-corrected chi connectivity index (χ0v) is 10.1. The number of hydrogen-bond acceptors (Lipinski definition) is 5. The number of aromatic nitrogens is 3. The van der Waals surface area contributed by atoms with Crippen LogP contribution in [-0.2, 0) is 6.54 Å². The second kappa shape index (κ2) is 4.91. The summed E-state index contributed by atoms with van der Waals surface area (Å²) in [7, 11) is 0. The van der Waals surface area contributed by atoms with Crippen molar-refractivity contribution in [2.45, 2.75) is 6.54 Å². The number of pyridine rings is 1. The minimum Gasteiger partial charge on any atom is -0.359 e. The molecule has 0 unspecified atom stereocenters. The van der Waals surface area contributed by atoms with Gasteiger partial charge < -0.3 is 10.3 Å². The molecule has 2 heterocycles. The Morgan fingerprint density at radius 2 is 2.35 bits per heavy atom. The van der Waals surface area contributed by atoms with E-state index >= 15 is 0 Å². The molecule has 0 radical (unpaired) electrons. The standard InChI is InChI=1S/C9H8BrN5O2/c10-6-1-8(15(16)17)9(12-2-6)13-4-7-3-11-5-14-7/h1-3,5H,4H2,(H,11,14)(H,12,13). The van der Waals surface area contributed by atoms with Gasteiger partial charge in [-0.15, -0.1) is 0 Å². The van der Waals surface area contributed by atoms with E-state index in [1.807, 2.05) is 0 Å². The van der Waals surface area contributed by atoms with Gasteiger partial charge in [0.2, 0.25) is 5.82 Å². The van der Waals surface area contributed by atoms with Crippen molar-refractivity contribution >= 4 is 27.4 Å². The number of nitrogens with one attached hydrogen (secondary N) is 2. The molecule has 0 fully saturated rings. The third-order valence-electron chi connectivity index (χ3n) is 2.03. The fourth-order valence-corrected chi connectivity index (χ4v) is 1.58. The second-order valence-corrected chi connectivity index (χ2v) is 4.12. The van der Waals surface area contributed by atoms with Crippen molar-refractivity contribution < 1.29 is 4.92 Å². The number of imidazole rings is 1. The second-order valence-electron chi connectivity index (χ2n) is 3.21. The first-order valence-electron chi connectivity index (χ1n) is 4.68. The van der Waals surface area contributed by atoms with Gasteiger partial charge in [0.25, 0.3) is 0 Å². The molecule has 0 spiro atoms. The van der Waals surface area contributed by atoms with E-state index in [0.29, 0.717) is 11.0 Å². The summed E-state index contributed by atoms with van der Waals surface area (Å²) >= 11 is 3.14. The lowest BCUT2D eigenvalue weighted by Crippen LogP contribution is -2.04. The van der Waals surface area contributed by atoms with Crippen molar-refractivity contribution in [3.8, 4) is 0 Å². The first-order chi connectivity index (χ1) is 8.16. The molecule has 2 rings (SSSR count). The maximum Gasteiger partial charge on any atom is 0.312 e. The molecule has 0 atom stereocenters. The summed E-state index contributed by atoms with van der Waals surface area (Å²) in [6.07, 6.45) is 4.68. The van der Waals surface area contributed by atoms with Gasteiger partial charge in [0, 0.05) is 22.9 Å². The van der Waals surface area contributed by atoms with Crippen LogP contribution in [0.25, 0.3) is 0 Å². The Balaban J connectivity index is 2.17. The molecule has 8 heteroatoms. The van der Waals surface area contributed by atoms with Crippen LogP contribution in [0.5, 0.6) is 0 Å². The number of rotatable bonds is 4. The van der Waals surface area contributed by atoms with Crippen LogP contribution in [0.2, 0.25) is 0 Å². The predicted molar refractivity (Wildman–Crippen MR) is 64.5 cm³/mol. The Hall–Kier alpha value is -1.96. The lowest BCUT2D eigenvalue weighted by Gasteiger charge is -2.04. The molecule has 0 aliphatic carbocycles. The van der Waals surface area contributed by atoms with Gasteiger partial charge in [-0.25, -0.2) is 9.97 Å². The maximum absolute atomic E-state index is 10.8. The molecule has 0 saturated heterocycles. The van der Waals surface area contributed by atoms with E-state index in [1.54, 1.807) is 12.5 Å². The number of anilines is 1. The molecule has 0 aliphatic rings. The minimum absolute atomic E-state index is 0.0705. The maximum atomic E-state index is 10.8. The third-order valence-corrected chi connectivity index (χ3v) is 2.47. The highest BCUT2D eigenvalue weighted by molar-refractivity contribution is 9.10. The first-order valence-corrected chi connectivity index (χ1v) is 5.47. The Bertz CT molecular complexity index is 528. The van der Waals surface area contributed by atoms with Gasteiger partial charge in [0.05, 0.1) is 23.5 Å². The number of H-pyrrole nitrogens is 1. The normalized spacial score (nSPS) is 10.2. The number of nitrogens with zero attached hydrogens (tertiary/aromatic N) is 3. The summed E-state index contributed by atoms with van der Waals surface area (Å²) in [6, 6.07) is 1.41. The van der Waals surface area contributed by atoms with Gasteiger partial charge >= 0.3 is 5.69 Å². The van der Waals surface area contributed by atoms with Gasteiger partial charge in [0.15, 0.2) is 0 Å². The molecule has 0 amide bonds. The van der Waals surface area contributed by atoms with E-state index < -0.39 is 4.92 Å². The smallest absolute Gasteiger partial charge is 0.312 e. The molecule has 0 aromatic carbocycles. The molecule has 2 aromatic heterocycles. The Labute approximate surface area is 105 Å². The topological polar surface area (TPSA) is 96.7 Å². The van der Waals surface area contributed by atoms with Gasteiger partial charge in [-0.2, -0.15) is 0 Å². The van der Waals surface area contributed by atoms with E-state index in [4.69, 9.17) is 0 Å². The van der Waals surface area contributed by atoms with E-state index in [9.17, 15) is 10.1 Å². The van der Waals surface area contributed by atoms with Crippen LogP contribution < -0.4 is 5.32 Å². The minimum atomic E-state index is -0.479. The fraction of sp³-hybridized carbons (Fsp3) is 0.111. The summed E-state index contributed by atoms with van der Waals surface area (Å²) in [5, 5.41) is 13.7. The first kappa shape index (κ1) is 11.5. The highest BCUT2D eigenvalue weighted by atomic mass is 79.9. The summed E-state index contributed by atoms with van der Waals surface area (Å²) in [5.41, 5.74) is 0.753. The SMILES string of the molecule is O=[N+]([O-])c1cc(Br)cnc1NCc1cnc[nH]1. The molecule has 2 N–H and O–H groups in total. The van der Waals surface area contributed by atoms with Crippen molar-refractivity contribution in [1.29, 1.82) is 0 Å².